The van der Waals surface area contributed by atoms with Crippen molar-refractivity contribution >= 4 is 41.7 Å². The van der Waals surface area contributed by atoms with Crippen molar-refractivity contribution in [2.75, 3.05) is 13.7 Å². The van der Waals surface area contributed by atoms with Crippen LogP contribution in [0.15, 0.2) is 84.0 Å². The molecule has 0 atom stereocenters. The van der Waals surface area contributed by atoms with E-state index in [1.807, 2.05) is 30.3 Å². The third kappa shape index (κ3) is 7.83. The predicted octanol–water partition coefficient (Wildman–Crippen LogP) is 3.85. The molecule has 9 heteroatoms. The maximum absolute atomic E-state index is 12.1. The van der Waals surface area contributed by atoms with Gasteiger partial charge in [0.1, 0.15) is 0 Å². The summed E-state index contributed by atoms with van der Waals surface area (Å²) in [6, 6.07) is 20.7. The van der Waals surface area contributed by atoms with Gasteiger partial charge < -0.3 is 14.8 Å². The van der Waals surface area contributed by atoms with Gasteiger partial charge in [-0.3, -0.25) is 9.59 Å². The third-order valence-corrected chi connectivity index (χ3v) is 4.87. The zero-order chi connectivity index (χ0) is 25.0. The fourth-order valence-corrected chi connectivity index (χ4v) is 3.06. The van der Waals surface area contributed by atoms with Gasteiger partial charge in [0, 0.05) is 6.08 Å². The number of methoxy groups -OCH3 is 1. The van der Waals surface area contributed by atoms with Gasteiger partial charge in [-0.15, -0.1) is 0 Å². The minimum absolute atomic E-state index is 0.235. The number of hydrazone groups is 1. The summed E-state index contributed by atoms with van der Waals surface area (Å²) in [5, 5.41) is 6.62. The van der Waals surface area contributed by atoms with Crippen LogP contribution in [0, 0.1) is 0 Å². The molecule has 0 aliphatic heterocycles. The Morgan fingerprint density at radius 3 is 2.43 bits per heavy atom. The van der Waals surface area contributed by atoms with Gasteiger partial charge in [0.15, 0.2) is 11.5 Å². The SMILES string of the molecule is COc1cc(/C=N\NC(=O)CNC(=O)c2ccccc2Cl)ccc1OC(=O)/C=C/c1ccccc1. The molecule has 0 saturated carbocycles. The molecular formula is C26H22ClN3O5. The summed E-state index contributed by atoms with van der Waals surface area (Å²) >= 11 is 5.96. The van der Waals surface area contributed by atoms with Gasteiger partial charge in [-0.25, -0.2) is 10.2 Å². The van der Waals surface area contributed by atoms with Gasteiger partial charge in [0.2, 0.25) is 0 Å². The molecule has 0 spiro atoms. The highest BCUT2D eigenvalue weighted by molar-refractivity contribution is 6.33. The van der Waals surface area contributed by atoms with Gasteiger partial charge in [0.05, 0.1) is 30.5 Å². The van der Waals surface area contributed by atoms with Crippen molar-refractivity contribution in [3.63, 3.8) is 0 Å². The van der Waals surface area contributed by atoms with Crippen LogP contribution in [-0.2, 0) is 9.59 Å². The monoisotopic (exact) mass is 491 g/mol. The lowest BCUT2D eigenvalue weighted by Crippen LogP contribution is -2.35. The number of benzene rings is 3. The molecule has 0 radical (unpaired) electrons. The Balaban J connectivity index is 1.52. The van der Waals surface area contributed by atoms with Crippen LogP contribution in [0.25, 0.3) is 6.08 Å². The second-order valence-electron chi connectivity index (χ2n) is 7.03. The van der Waals surface area contributed by atoms with E-state index in [1.165, 1.54) is 19.4 Å². The van der Waals surface area contributed by atoms with Crippen LogP contribution in [0.1, 0.15) is 21.5 Å². The predicted molar refractivity (Wildman–Crippen MR) is 134 cm³/mol. The summed E-state index contributed by atoms with van der Waals surface area (Å²) in [7, 11) is 1.44. The van der Waals surface area contributed by atoms with Crippen molar-refractivity contribution < 1.29 is 23.9 Å². The number of halogens is 1. The van der Waals surface area contributed by atoms with Crippen molar-refractivity contribution in [1.82, 2.24) is 10.7 Å². The van der Waals surface area contributed by atoms with Crippen molar-refractivity contribution in [2.45, 2.75) is 0 Å². The molecule has 8 nitrogen and oxygen atoms in total. The number of rotatable bonds is 9. The maximum Gasteiger partial charge on any atom is 0.336 e. The second kappa shape index (κ2) is 12.7. The first kappa shape index (κ1) is 25.2. The molecule has 2 amide bonds. The fraction of sp³-hybridized carbons (Fsp3) is 0.0769. The van der Waals surface area contributed by atoms with Crippen LogP contribution < -0.4 is 20.2 Å². The average Bonchev–Trinajstić information content (AvgIpc) is 2.87. The summed E-state index contributed by atoms with van der Waals surface area (Å²) < 4.78 is 10.6. The van der Waals surface area contributed by atoms with E-state index >= 15 is 0 Å². The maximum atomic E-state index is 12.1. The Hall–Kier alpha value is -4.43. The average molecular weight is 492 g/mol. The van der Waals surface area contributed by atoms with E-state index < -0.39 is 17.8 Å². The largest absolute Gasteiger partial charge is 0.493 e. The van der Waals surface area contributed by atoms with Crippen molar-refractivity contribution in [2.24, 2.45) is 5.10 Å². The Kier molecular flexibility index (Phi) is 9.15. The summed E-state index contributed by atoms with van der Waals surface area (Å²) in [4.78, 5) is 36.2. The number of hydrogen-bond donors (Lipinski definition) is 2. The first-order valence-electron chi connectivity index (χ1n) is 10.4. The van der Waals surface area contributed by atoms with E-state index in [2.05, 4.69) is 15.8 Å². The zero-order valence-electron chi connectivity index (χ0n) is 18.7. The summed E-state index contributed by atoms with van der Waals surface area (Å²) in [6.45, 7) is -0.282. The molecule has 0 saturated heterocycles. The minimum Gasteiger partial charge on any atom is -0.493 e. The van der Waals surface area contributed by atoms with Crippen molar-refractivity contribution in [3.8, 4) is 11.5 Å². The van der Waals surface area contributed by atoms with Gasteiger partial charge in [-0.2, -0.15) is 5.10 Å². The Labute approximate surface area is 207 Å². The number of carbonyl (C=O) groups excluding carboxylic acids is 3. The number of nitrogens with zero attached hydrogens (tertiary/aromatic N) is 1. The van der Waals surface area contributed by atoms with E-state index in [4.69, 9.17) is 21.1 Å². The molecule has 0 heterocycles. The highest BCUT2D eigenvalue weighted by Gasteiger charge is 2.11. The lowest BCUT2D eigenvalue weighted by atomic mass is 10.2. The van der Waals surface area contributed by atoms with E-state index in [-0.39, 0.29) is 17.9 Å². The lowest BCUT2D eigenvalue weighted by Gasteiger charge is -2.08. The van der Waals surface area contributed by atoms with E-state index in [1.54, 1.807) is 48.5 Å². The minimum atomic E-state index is -0.556. The quantitative estimate of drug-likeness (QED) is 0.155. The molecule has 0 aliphatic carbocycles. The molecule has 0 aromatic heterocycles. The molecule has 0 unspecified atom stereocenters. The van der Waals surface area contributed by atoms with Crippen LogP contribution in [0.4, 0.5) is 0 Å². The molecule has 3 aromatic rings. The van der Waals surface area contributed by atoms with Crippen LogP contribution in [-0.4, -0.2) is 37.7 Å². The Bertz CT molecular complexity index is 1260. The molecule has 3 rings (SSSR count). The molecule has 0 bridgehead atoms. The summed E-state index contributed by atoms with van der Waals surface area (Å²) in [5.74, 6) is -1.00. The Morgan fingerprint density at radius 1 is 0.943 bits per heavy atom. The first-order valence-corrected chi connectivity index (χ1v) is 10.8. The smallest absolute Gasteiger partial charge is 0.336 e. The van der Waals surface area contributed by atoms with E-state index in [9.17, 15) is 14.4 Å². The molecule has 2 N–H and O–H groups in total. The van der Waals surface area contributed by atoms with Gasteiger partial charge in [-0.1, -0.05) is 54.1 Å². The standard InChI is InChI=1S/C26H22ClN3O5/c1-34-23-15-19(11-13-22(23)35-25(32)14-12-18-7-3-2-4-8-18)16-29-30-24(31)17-28-26(33)20-9-5-6-10-21(20)27/h2-16H,17H2,1H3,(H,28,33)(H,30,31)/b14-12+,29-16-. The first-order chi connectivity index (χ1) is 17.0. The van der Waals surface area contributed by atoms with Gasteiger partial charge in [0.25, 0.3) is 11.8 Å². The molecule has 35 heavy (non-hydrogen) atoms. The number of nitrogens with one attached hydrogen (secondary N) is 2. The summed E-state index contributed by atoms with van der Waals surface area (Å²) in [6.07, 6.45) is 4.36. The lowest BCUT2D eigenvalue weighted by molar-refractivity contribution is -0.129. The van der Waals surface area contributed by atoms with Crippen LogP contribution in [0.5, 0.6) is 11.5 Å². The van der Waals surface area contributed by atoms with Crippen LogP contribution in [0.2, 0.25) is 5.02 Å². The zero-order valence-corrected chi connectivity index (χ0v) is 19.5. The third-order valence-electron chi connectivity index (χ3n) is 4.54. The molecular weight excluding hydrogens is 470 g/mol. The molecule has 3 aromatic carbocycles. The van der Waals surface area contributed by atoms with Gasteiger partial charge >= 0.3 is 5.97 Å². The fourth-order valence-electron chi connectivity index (χ4n) is 2.84. The number of hydrogen-bond acceptors (Lipinski definition) is 6. The van der Waals surface area contributed by atoms with Crippen molar-refractivity contribution in [3.05, 3.63) is 101 Å². The highest BCUT2D eigenvalue weighted by atomic mass is 35.5. The number of ether oxygens (including phenoxy) is 2. The van der Waals surface area contributed by atoms with E-state index in [0.717, 1.165) is 5.56 Å². The van der Waals surface area contributed by atoms with Gasteiger partial charge in [-0.05, 0) is 47.5 Å². The van der Waals surface area contributed by atoms with E-state index in [0.29, 0.717) is 16.3 Å². The Morgan fingerprint density at radius 2 is 1.69 bits per heavy atom. The van der Waals surface area contributed by atoms with Crippen molar-refractivity contribution in [1.29, 1.82) is 0 Å². The second-order valence-corrected chi connectivity index (χ2v) is 7.44. The molecule has 178 valence electrons. The normalized spacial score (nSPS) is 10.8. The highest BCUT2D eigenvalue weighted by Crippen LogP contribution is 2.27. The number of amides is 2. The topological polar surface area (TPSA) is 106 Å². The number of carbonyl (C=O) groups is 3. The molecule has 0 aliphatic rings. The summed E-state index contributed by atoms with van der Waals surface area (Å²) in [5.41, 5.74) is 4.04. The van der Waals surface area contributed by atoms with Crippen LogP contribution >= 0.6 is 11.6 Å². The number of esters is 1. The molecule has 0 fully saturated rings. The van der Waals surface area contributed by atoms with Crippen LogP contribution in [0.3, 0.4) is 0 Å².